The molecule has 0 heterocycles. The monoisotopic (exact) mass is 210 g/mol. The van der Waals surface area contributed by atoms with Crippen LogP contribution in [0.3, 0.4) is 0 Å². The number of carbonyl (C=O) groups is 2. The number of ketones is 1. The fraction of sp³-hybridized carbons (Fsp3) is 0.400. The van der Waals surface area contributed by atoms with E-state index in [0.717, 1.165) is 0 Å². The third-order valence-corrected chi connectivity index (χ3v) is 2.29. The fourth-order valence-corrected chi connectivity index (χ4v) is 1.39. The summed E-state index contributed by atoms with van der Waals surface area (Å²) in [5.74, 6) is -1.87. The van der Waals surface area contributed by atoms with Gasteiger partial charge < -0.3 is 16.6 Å². The molecular formula is C10H14N2O3. The molecule has 0 spiro atoms. The highest BCUT2D eigenvalue weighted by Crippen LogP contribution is 2.14. The second-order valence-electron chi connectivity index (χ2n) is 3.49. The predicted molar refractivity (Wildman–Crippen MR) is 55.0 cm³/mol. The van der Waals surface area contributed by atoms with Crippen molar-refractivity contribution < 1.29 is 14.7 Å². The summed E-state index contributed by atoms with van der Waals surface area (Å²) >= 11 is 0. The summed E-state index contributed by atoms with van der Waals surface area (Å²) in [5.41, 5.74) is 11.0. The van der Waals surface area contributed by atoms with Crippen LogP contribution in [0.2, 0.25) is 0 Å². The predicted octanol–water partition coefficient (Wildman–Crippen LogP) is -0.573. The lowest BCUT2D eigenvalue weighted by Gasteiger charge is -2.19. The Morgan fingerprint density at radius 3 is 2.47 bits per heavy atom. The maximum atomic E-state index is 11.6. The smallest absolute Gasteiger partial charge is 0.320 e. The minimum absolute atomic E-state index is 0.189. The zero-order chi connectivity index (χ0) is 11.4. The third-order valence-electron chi connectivity index (χ3n) is 2.29. The quantitative estimate of drug-likeness (QED) is 0.576. The normalized spacial score (nSPS) is 26.3. The highest BCUT2D eigenvalue weighted by atomic mass is 16.4. The molecule has 0 fully saturated rings. The Morgan fingerprint density at radius 1 is 1.33 bits per heavy atom. The van der Waals surface area contributed by atoms with Crippen LogP contribution in [-0.4, -0.2) is 28.9 Å². The van der Waals surface area contributed by atoms with Gasteiger partial charge in [0.25, 0.3) is 0 Å². The van der Waals surface area contributed by atoms with E-state index >= 15 is 0 Å². The molecule has 0 aromatic rings. The average molecular weight is 210 g/mol. The second-order valence-corrected chi connectivity index (χ2v) is 3.49. The van der Waals surface area contributed by atoms with Crippen LogP contribution in [0.5, 0.6) is 0 Å². The van der Waals surface area contributed by atoms with Gasteiger partial charge >= 0.3 is 5.97 Å². The number of Topliss-reactive ketones (excluding diaryl/α,β-unsaturated/α-hetero) is 1. The molecule has 0 bridgehead atoms. The van der Waals surface area contributed by atoms with E-state index in [0.29, 0.717) is 0 Å². The van der Waals surface area contributed by atoms with Crippen molar-refractivity contribution in [1.82, 2.24) is 0 Å². The molecule has 1 aliphatic rings. The lowest BCUT2D eigenvalue weighted by atomic mass is 9.89. The summed E-state index contributed by atoms with van der Waals surface area (Å²) < 4.78 is 0. The molecule has 0 saturated carbocycles. The van der Waals surface area contributed by atoms with E-state index in [9.17, 15) is 9.59 Å². The maximum absolute atomic E-state index is 11.6. The van der Waals surface area contributed by atoms with E-state index in [1.54, 1.807) is 24.3 Å². The van der Waals surface area contributed by atoms with Crippen LogP contribution in [0.1, 0.15) is 6.42 Å². The molecule has 0 amide bonds. The molecule has 5 nitrogen and oxygen atoms in total. The van der Waals surface area contributed by atoms with Gasteiger partial charge in [0.05, 0.1) is 5.92 Å². The van der Waals surface area contributed by atoms with Crippen LogP contribution in [0.25, 0.3) is 0 Å². The number of nitrogens with two attached hydrogens (primary N) is 2. The topological polar surface area (TPSA) is 106 Å². The molecule has 0 radical (unpaired) electrons. The van der Waals surface area contributed by atoms with Crippen LogP contribution < -0.4 is 11.5 Å². The van der Waals surface area contributed by atoms with E-state index in [4.69, 9.17) is 16.6 Å². The summed E-state index contributed by atoms with van der Waals surface area (Å²) in [6.45, 7) is 0. The van der Waals surface area contributed by atoms with Crippen LogP contribution in [0.15, 0.2) is 24.3 Å². The van der Waals surface area contributed by atoms with Crippen molar-refractivity contribution in [3.8, 4) is 0 Å². The van der Waals surface area contributed by atoms with Crippen molar-refractivity contribution in [2.75, 3.05) is 0 Å². The highest BCUT2D eigenvalue weighted by Gasteiger charge is 2.26. The molecule has 3 atom stereocenters. The Labute approximate surface area is 87.4 Å². The molecule has 1 rings (SSSR count). The first-order valence-corrected chi connectivity index (χ1v) is 4.64. The molecule has 0 aromatic heterocycles. The molecule has 15 heavy (non-hydrogen) atoms. The van der Waals surface area contributed by atoms with E-state index < -0.39 is 17.9 Å². The number of hydrogen-bond donors (Lipinski definition) is 3. The lowest BCUT2D eigenvalue weighted by molar-refractivity contribution is -0.140. The van der Waals surface area contributed by atoms with Gasteiger partial charge in [0, 0.05) is 12.5 Å². The Kier molecular flexibility index (Phi) is 3.76. The van der Waals surface area contributed by atoms with E-state index in [1.807, 2.05) is 0 Å². The van der Waals surface area contributed by atoms with Gasteiger partial charge in [-0.1, -0.05) is 24.3 Å². The Balaban J connectivity index is 2.57. The van der Waals surface area contributed by atoms with Crippen molar-refractivity contribution in [3.05, 3.63) is 24.3 Å². The molecule has 3 unspecified atom stereocenters. The zero-order valence-corrected chi connectivity index (χ0v) is 8.17. The molecule has 1 aliphatic carbocycles. The Morgan fingerprint density at radius 2 is 1.93 bits per heavy atom. The standard InChI is InChI=1S/C10H14N2O3/c11-7-4-2-1-3-6(7)9(13)5-8(12)10(14)15/h1-4,6-8H,5,11-12H2,(H,14,15). The summed E-state index contributed by atoms with van der Waals surface area (Å²) in [7, 11) is 0. The van der Waals surface area contributed by atoms with Crippen LogP contribution in [0.4, 0.5) is 0 Å². The van der Waals surface area contributed by atoms with Gasteiger partial charge in [0.15, 0.2) is 0 Å². The van der Waals surface area contributed by atoms with E-state index in [-0.39, 0.29) is 18.2 Å². The fourth-order valence-electron chi connectivity index (χ4n) is 1.39. The first kappa shape index (κ1) is 11.6. The van der Waals surface area contributed by atoms with E-state index in [2.05, 4.69) is 0 Å². The van der Waals surface area contributed by atoms with Gasteiger partial charge in [0.1, 0.15) is 11.8 Å². The van der Waals surface area contributed by atoms with Crippen LogP contribution in [-0.2, 0) is 9.59 Å². The number of allylic oxidation sites excluding steroid dienone is 2. The summed E-state index contributed by atoms with van der Waals surface area (Å²) in [6.07, 6.45) is 6.66. The molecule has 0 aromatic carbocycles. The van der Waals surface area contributed by atoms with Crippen molar-refractivity contribution in [1.29, 1.82) is 0 Å². The van der Waals surface area contributed by atoms with Gasteiger partial charge in [-0.15, -0.1) is 0 Å². The number of carboxylic acid groups (broad SMARTS) is 1. The van der Waals surface area contributed by atoms with Crippen molar-refractivity contribution in [2.24, 2.45) is 17.4 Å². The molecular weight excluding hydrogens is 196 g/mol. The summed E-state index contributed by atoms with van der Waals surface area (Å²) in [5, 5.41) is 8.55. The first-order chi connectivity index (χ1) is 7.02. The molecule has 5 heteroatoms. The second kappa shape index (κ2) is 4.86. The molecule has 0 saturated heterocycles. The largest absolute Gasteiger partial charge is 0.480 e. The van der Waals surface area contributed by atoms with Gasteiger partial charge in [-0.05, 0) is 0 Å². The average Bonchev–Trinajstić information content (AvgIpc) is 2.18. The highest BCUT2D eigenvalue weighted by molar-refractivity contribution is 5.89. The van der Waals surface area contributed by atoms with Gasteiger partial charge in [-0.2, -0.15) is 0 Å². The molecule has 82 valence electrons. The number of carboxylic acids is 1. The number of hydrogen-bond acceptors (Lipinski definition) is 4. The summed E-state index contributed by atoms with van der Waals surface area (Å²) in [6, 6.07) is -1.53. The Bertz CT molecular complexity index is 323. The zero-order valence-electron chi connectivity index (χ0n) is 8.17. The molecule has 5 N–H and O–H groups in total. The number of aliphatic carboxylic acids is 1. The van der Waals surface area contributed by atoms with Gasteiger partial charge in [-0.25, -0.2) is 0 Å². The van der Waals surface area contributed by atoms with Gasteiger partial charge in [-0.3, -0.25) is 9.59 Å². The SMILES string of the molecule is NC(CC(=O)C1C=CC=CC1N)C(=O)O. The van der Waals surface area contributed by atoms with Crippen molar-refractivity contribution in [2.45, 2.75) is 18.5 Å². The number of rotatable bonds is 4. The maximum Gasteiger partial charge on any atom is 0.320 e. The summed E-state index contributed by atoms with van der Waals surface area (Å²) in [4.78, 5) is 22.1. The van der Waals surface area contributed by atoms with Crippen molar-refractivity contribution in [3.63, 3.8) is 0 Å². The minimum Gasteiger partial charge on any atom is -0.480 e. The third kappa shape index (κ3) is 3.00. The first-order valence-electron chi connectivity index (χ1n) is 4.64. The van der Waals surface area contributed by atoms with Gasteiger partial charge in [0.2, 0.25) is 0 Å². The Hall–Kier alpha value is -1.46. The minimum atomic E-state index is -1.17. The van der Waals surface area contributed by atoms with E-state index in [1.165, 1.54) is 0 Å². The lowest BCUT2D eigenvalue weighted by Crippen LogP contribution is -2.39. The van der Waals surface area contributed by atoms with Crippen molar-refractivity contribution >= 4 is 11.8 Å². The van der Waals surface area contributed by atoms with Crippen LogP contribution in [0, 0.1) is 5.92 Å². The number of carbonyl (C=O) groups excluding carboxylic acids is 1. The molecule has 0 aliphatic heterocycles. The van der Waals surface area contributed by atoms with Crippen LogP contribution >= 0.6 is 0 Å².